The Hall–Kier alpha value is -1.46. The van der Waals surface area contributed by atoms with Gasteiger partial charge in [-0.1, -0.05) is 23.2 Å². The maximum atomic E-state index is 11.8. The summed E-state index contributed by atoms with van der Waals surface area (Å²) >= 11 is 11.6. The standard InChI is InChI=1S/C11H10Cl2N2O3/c12-6-2-7(13)10(17)8(3-6)15-4-5(11(14)18)1-9(15)16/h2-3,5,17H,1,4H2,(H2,14,18). The molecule has 18 heavy (non-hydrogen) atoms. The molecule has 0 radical (unpaired) electrons. The number of phenolic OH excluding ortho intramolecular Hbond substituents is 1. The summed E-state index contributed by atoms with van der Waals surface area (Å²) in [6.07, 6.45) is 0.0267. The molecule has 1 atom stereocenters. The normalized spacial score (nSPS) is 19.3. The zero-order valence-electron chi connectivity index (χ0n) is 9.19. The van der Waals surface area contributed by atoms with Crippen LogP contribution in [0, 0.1) is 5.92 Å². The second-order valence-corrected chi connectivity index (χ2v) is 4.91. The molecule has 0 aromatic heterocycles. The van der Waals surface area contributed by atoms with Crippen molar-refractivity contribution in [3.05, 3.63) is 22.2 Å². The summed E-state index contributed by atoms with van der Waals surface area (Å²) in [5, 5.41) is 10.2. The summed E-state index contributed by atoms with van der Waals surface area (Å²) in [6, 6.07) is 2.79. The molecule has 1 aliphatic heterocycles. The quantitative estimate of drug-likeness (QED) is 0.866. The number of nitrogens with zero attached hydrogens (tertiary/aromatic N) is 1. The second kappa shape index (κ2) is 4.66. The van der Waals surface area contributed by atoms with E-state index >= 15 is 0 Å². The zero-order chi connectivity index (χ0) is 13.4. The molecule has 1 saturated heterocycles. The minimum atomic E-state index is -0.561. The van der Waals surface area contributed by atoms with Gasteiger partial charge in [-0.2, -0.15) is 0 Å². The average molecular weight is 289 g/mol. The molecule has 1 aromatic carbocycles. The van der Waals surface area contributed by atoms with Crippen molar-refractivity contribution in [2.75, 3.05) is 11.4 Å². The summed E-state index contributed by atoms with van der Waals surface area (Å²) < 4.78 is 0. The van der Waals surface area contributed by atoms with Gasteiger partial charge in [-0.15, -0.1) is 0 Å². The maximum Gasteiger partial charge on any atom is 0.227 e. The van der Waals surface area contributed by atoms with Gasteiger partial charge in [0, 0.05) is 18.0 Å². The number of hydrogen-bond acceptors (Lipinski definition) is 3. The first-order valence-corrected chi connectivity index (χ1v) is 5.93. The topological polar surface area (TPSA) is 83.6 Å². The van der Waals surface area contributed by atoms with E-state index in [1.165, 1.54) is 17.0 Å². The molecule has 1 aromatic rings. The van der Waals surface area contributed by atoms with Gasteiger partial charge in [0.1, 0.15) is 0 Å². The fraction of sp³-hybridized carbons (Fsp3) is 0.273. The number of halogens is 2. The van der Waals surface area contributed by atoms with Crippen LogP contribution in [0.25, 0.3) is 0 Å². The third-order valence-electron chi connectivity index (χ3n) is 2.83. The highest BCUT2D eigenvalue weighted by atomic mass is 35.5. The van der Waals surface area contributed by atoms with Crippen molar-refractivity contribution in [1.29, 1.82) is 0 Å². The van der Waals surface area contributed by atoms with Crippen LogP contribution in [0.3, 0.4) is 0 Å². The molecule has 2 amide bonds. The van der Waals surface area contributed by atoms with Crippen LogP contribution in [0.4, 0.5) is 5.69 Å². The van der Waals surface area contributed by atoms with Gasteiger partial charge in [-0.3, -0.25) is 9.59 Å². The van der Waals surface area contributed by atoms with Gasteiger partial charge in [-0.05, 0) is 12.1 Å². The number of aromatic hydroxyl groups is 1. The van der Waals surface area contributed by atoms with Crippen molar-refractivity contribution < 1.29 is 14.7 Å². The monoisotopic (exact) mass is 288 g/mol. The van der Waals surface area contributed by atoms with Crippen LogP contribution in [-0.4, -0.2) is 23.5 Å². The Labute approximate surface area is 113 Å². The Morgan fingerprint density at radius 3 is 2.67 bits per heavy atom. The third-order valence-corrected chi connectivity index (χ3v) is 3.33. The molecule has 7 heteroatoms. The van der Waals surface area contributed by atoms with E-state index in [1.54, 1.807) is 0 Å². The summed E-state index contributed by atoms with van der Waals surface area (Å²) in [4.78, 5) is 24.1. The van der Waals surface area contributed by atoms with E-state index < -0.39 is 11.8 Å². The van der Waals surface area contributed by atoms with Gasteiger partial charge < -0.3 is 15.7 Å². The summed E-state index contributed by atoms with van der Waals surface area (Å²) in [5.74, 6) is -1.64. The summed E-state index contributed by atoms with van der Waals surface area (Å²) in [5.41, 5.74) is 5.36. The predicted octanol–water partition coefficient (Wildman–Crippen LogP) is 1.54. The van der Waals surface area contributed by atoms with Crippen molar-refractivity contribution in [1.82, 2.24) is 0 Å². The number of primary amides is 1. The predicted molar refractivity (Wildman–Crippen MR) is 67.8 cm³/mol. The minimum Gasteiger partial charge on any atom is -0.504 e. The highest BCUT2D eigenvalue weighted by molar-refractivity contribution is 6.36. The SMILES string of the molecule is NC(=O)C1CC(=O)N(c2cc(Cl)cc(Cl)c2O)C1. The van der Waals surface area contributed by atoms with E-state index in [0.717, 1.165) is 0 Å². The minimum absolute atomic E-state index is 0.0267. The lowest BCUT2D eigenvalue weighted by Gasteiger charge is -2.18. The Morgan fingerprint density at radius 2 is 2.11 bits per heavy atom. The Bertz CT molecular complexity index is 533. The molecule has 3 N–H and O–H groups in total. The average Bonchev–Trinajstić information content (AvgIpc) is 2.66. The van der Waals surface area contributed by atoms with E-state index in [-0.39, 0.29) is 35.3 Å². The number of rotatable bonds is 2. The van der Waals surface area contributed by atoms with Crippen molar-refractivity contribution in [2.24, 2.45) is 11.7 Å². The third kappa shape index (κ3) is 2.23. The van der Waals surface area contributed by atoms with Crippen LogP contribution in [0.1, 0.15) is 6.42 Å². The van der Waals surface area contributed by atoms with Crippen molar-refractivity contribution in [3.63, 3.8) is 0 Å². The Morgan fingerprint density at radius 1 is 1.44 bits per heavy atom. The fourth-order valence-electron chi connectivity index (χ4n) is 1.89. The number of hydrogen-bond donors (Lipinski definition) is 2. The number of phenols is 1. The number of benzene rings is 1. The molecule has 1 unspecified atom stereocenters. The lowest BCUT2D eigenvalue weighted by atomic mass is 10.1. The van der Waals surface area contributed by atoms with Crippen molar-refractivity contribution >= 4 is 40.7 Å². The van der Waals surface area contributed by atoms with Gasteiger partial charge >= 0.3 is 0 Å². The number of nitrogens with two attached hydrogens (primary N) is 1. The molecule has 5 nitrogen and oxygen atoms in total. The number of anilines is 1. The molecule has 0 saturated carbocycles. The van der Waals surface area contributed by atoms with Crippen LogP contribution < -0.4 is 10.6 Å². The molecular weight excluding hydrogens is 279 g/mol. The molecule has 96 valence electrons. The number of carbonyl (C=O) groups is 2. The summed E-state index contributed by atoms with van der Waals surface area (Å²) in [7, 11) is 0. The largest absolute Gasteiger partial charge is 0.504 e. The first-order valence-electron chi connectivity index (χ1n) is 5.18. The van der Waals surface area contributed by atoms with Crippen molar-refractivity contribution in [3.8, 4) is 5.75 Å². The van der Waals surface area contributed by atoms with E-state index in [9.17, 15) is 14.7 Å². The van der Waals surface area contributed by atoms with Gasteiger partial charge in [0.05, 0.1) is 16.6 Å². The second-order valence-electron chi connectivity index (χ2n) is 4.06. The van der Waals surface area contributed by atoms with Gasteiger partial charge in [-0.25, -0.2) is 0 Å². The van der Waals surface area contributed by atoms with Crippen LogP contribution >= 0.6 is 23.2 Å². The van der Waals surface area contributed by atoms with Crippen LogP contribution in [-0.2, 0) is 9.59 Å². The molecular formula is C11H10Cl2N2O3. The van der Waals surface area contributed by atoms with E-state index in [1.807, 2.05) is 0 Å². The molecule has 2 rings (SSSR count). The van der Waals surface area contributed by atoms with E-state index in [4.69, 9.17) is 28.9 Å². The van der Waals surface area contributed by atoms with E-state index in [2.05, 4.69) is 0 Å². The summed E-state index contributed by atoms with van der Waals surface area (Å²) in [6.45, 7) is 0.123. The molecule has 1 fully saturated rings. The molecule has 0 aliphatic carbocycles. The van der Waals surface area contributed by atoms with Crippen LogP contribution in [0.5, 0.6) is 5.75 Å². The highest BCUT2D eigenvalue weighted by Gasteiger charge is 2.35. The first-order chi connectivity index (χ1) is 8.40. The molecule has 1 heterocycles. The molecule has 1 aliphatic rings. The fourth-order valence-corrected chi connectivity index (χ4v) is 2.37. The highest BCUT2D eigenvalue weighted by Crippen LogP contribution is 2.39. The Balaban J connectivity index is 2.38. The van der Waals surface area contributed by atoms with E-state index in [0.29, 0.717) is 5.02 Å². The molecule has 0 bridgehead atoms. The Kier molecular flexibility index (Phi) is 3.36. The zero-order valence-corrected chi connectivity index (χ0v) is 10.7. The van der Waals surface area contributed by atoms with Crippen LogP contribution in [0.2, 0.25) is 10.0 Å². The first kappa shape index (κ1) is 13.0. The number of carbonyl (C=O) groups excluding carboxylic acids is 2. The van der Waals surface area contributed by atoms with Gasteiger partial charge in [0.25, 0.3) is 0 Å². The van der Waals surface area contributed by atoms with Gasteiger partial charge in [0.15, 0.2) is 5.75 Å². The lowest BCUT2D eigenvalue weighted by molar-refractivity contribution is -0.123. The smallest absolute Gasteiger partial charge is 0.227 e. The lowest BCUT2D eigenvalue weighted by Crippen LogP contribution is -2.28. The van der Waals surface area contributed by atoms with Crippen molar-refractivity contribution in [2.45, 2.75) is 6.42 Å². The molecule has 0 spiro atoms. The maximum absolute atomic E-state index is 11.8. The number of amides is 2. The van der Waals surface area contributed by atoms with Gasteiger partial charge in [0.2, 0.25) is 11.8 Å². The van der Waals surface area contributed by atoms with Crippen LogP contribution in [0.15, 0.2) is 12.1 Å².